The molecule has 0 N–H and O–H groups in total. The molecule has 1 aliphatic heterocycles. The van der Waals surface area contributed by atoms with Gasteiger partial charge in [0.25, 0.3) is 5.91 Å². The minimum Gasteiger partial charge on any atom is -0.361 e. The van der Waals surface area contributed by atoms with E-state index in [0.29, 0.717) is 47.4 Å². The van der Waals surface area contributed by atoms with Crippen molar-refractivity contribution in [3.05, 3.63) is 41.5 Å². The van der Waals surface area contributed by atoms with E-state index in [1.165, 1.54) is 0 Å². The number of hydrogen-bond acceptors (Lipinski definition) is 8. The molecule has 1 fully saturated rings. The van der Waals surface area contributed by atoms with E-state index in [4.69, 9.17) is 9.05 Å². The van der Waals surface area contributed by atoms with Crippen molar-refractivity contribution in [2.24, 2.45) is 5.92 Å². The fourth-order valence-electron chi connectivity index (χ4n) is 3.47. The fraction of sp³-hybridized carbons (Fsp3) is 0.444. The standard InChI is InChI=1S/C18H20N6O3/c1-11-16(12(2)26-22-11)18(25)24-7-3-4-13(10-24)8-15-21-17(23-27-15)14-9-19-5-6-20-14/h5-6,9,13H,3-4,7-8,10H2,1-2H3/t13-/m1/s1. The summed E-state index contributed by atoms with van der Waals surface area (Å²) in [5, 5.41) is 7.86. The summed E-state index contributed by atoms with van der Waals surface area (Å²) < 4.78 is 10.5. The molecule has 140 valence electrons. The molecule has 0 saturated carbocycles. The highest BCUT2D eigenvalue weighted by molar-refractivity contribution is 5.96. The maximum atomic E-state index is 12.8. The normalized spacial score (nSPS) is 17.3. The largest absolute Gasteiger partial charge is 0.361 e. The summed E-state index contributed by atoms with van der Waals surface area (Å²) in [5.41, 5.74) is 1.77. The molecular formula is C18H20N6O3. The second-order valence-corrected chi connectivity index (χ2v) is 6.77. The van der Waals surface area contributed by atoms with Crippen LogP contribution in [-0.2, 0) is 6.42 Å². The molecule has 4 heterocycles. The fourth-order valence-corrected chi connectivity index (χ4v) is 3.47. The zero-order valence-electron chi connectivity index (χ0n) is 15.3. The summed E-state index contributed by atoms with van der Waals surface area (Å²) in [5.74, 6) is 1.77. The number of carbonyl (C=O) groups excluding carboxylic acids is 1. The average Bonchev–Trinajstić information content (AvgIpc) is 3.29. The predicted octanol–water partition coefficient (Wildman–Crippen LogP) is 2.23. The Morgan fingerprint density at radius 3 is 2.89 bits per heavy atom. The highest BCUT2D eigenvalue weighted by Crippen LogP contribution is 2.24. The number of amides is 1. The molecule has 1 atom stereocenters. The molecule has 27 heavy (non-hydrogen) atoms. The highest BCUT2D eigenvalue weighted by Gasteiger charge is 2.29. The first-order valence-corrected chi connectivity index (χ1v) is 8.93. The van der Waals surface area contributed by atoms with E-state index in [-0.39, 0.29) is 11.8 Å². The van der Waals surface area contributed by atoms with Crippen molar-refractivity contribution in [1.82, 2.24) is 30.2 Å². The molecule has 0 bridgehead atoms. The van der Waals surface area contributed by atoms with Crippen LogP contribution in [0.15, 0.2) is 27.6 Å². The lowest BCUT2D eigenvalue weighted by atomic mass is 9.94. The van der Waals surface area contributed by atoms with E-state index >= 15 is 0 Å². The first-order chi connectivity index (χ1) is 13.1. The molecule has 0 spiro atoms. The van der Waals surface area contributed by atoms with E-state index in [1.807, 2.05) is 4.90 Å². The van der Waals surface area contributed by atoms with Crippen LogP contribution < -0.4 is 0 Å². The zero-order chi connectivity index (χ0) is 18.8. The topological polar surface area (TPSA) is 111 Å². The third kappa shape index (κ3) is 3.57. The number of aromatic nitrogens is 5. The summed E-state index contributed by atoms with van der Waals surface area (Å²) in [4.78, 5) is 27.3. The SMILES string of the molecule is Cc1noc(C)c1C(=O)N1CCC[C@H](Cc2nc(-c3cnccn3)no2)C1. The number of piperidine rings is 1. The van der Waals surface area contributed by atoms with E-state index in [0.717, 1.165) is 19.4 Å². The molecule has 1 saturated heterocycles. The van der Waals surface area contributed by atoms with Crippen LogP contribution in [-0.4, -0.2) is 49.2 Å². The molecule has 0 aromatic carbocycles. The Bertz CT molecular complexity index is 916. The Hall–Kier alpha value is -3.10. The third-order valence-corrected chi connectivity index (χ3v) is 4.78. The van der Waals surface area contributed by atoms with Gasteiger partial charge in [-0.15, -0.1) is 0 Å². The van der Waals surface area contributed by atoms with Gasteiger partial charge in [-0.2, -0.15) is 4.98 Å². The molecule has 4 rings (SSSR count). The molecule has 0 aliphatic carbocycles. The van der Waals surface area contributed by atoms with Gasteiger partial charge >= 0.3 is 0 Å². The summed E-state index contributed by atoms with van der Waals surface area (Å²) in [7, 11) is 0. The lowest BCUT2D eigenvalue weighted by Gasteiger charge is -2.32. The number of hydrogen-bond donors (Lipinski definition) is 0. The predicted molar refractivity (Wildman–Crippen MR) is 93.6 cm³/mol. The van der Waals surface area contributed by atoms with E-state index in [1.54, 1.807) is 32.4 Å². The van der Waals surface area contributed by atoms with Gasteiger partial charge < -0.3 is 13.9 Å². The van der Waals surface area contributed by atoms with E-state index < -0.39 is 0 Å². The van der Waals surface area contributed by atoms with Gasteiger partial charge in [-0.1, -0.05) is 10.3 Å². The maximum absolute atomic E-state index is 12.8. The van der Waals surface area contributed by atoms with Gasteiger partial charge in [0.05, 0.1) is 11.9 Å². The third-order valence-electron chi connectivity index (χ3n) is 4.78. The first kappa shape index (κ1) is 17.3. The quantitative estimate of drug-likeness (QED) is 0.689. The van der Waals surface area contributed by atoms with Crippen LogP contribution in [0.1, 0.15) is 40.5 Å². The van der Waals surface area contributed by atoms with Crippen molar-refractivity contribution in [1.29, 1.82) is 0 Å². The van der Waals surface area contributed by atoms with Gasteiger partial charge in [0.1, 0.15) is 17.0 Å². The molecule has 0 radical (unpaired) electrons. The molecule has 3 aromatic rings. The Kier molecular flexibility index (Phi) is 4.66. The number of carbonyl (C=O) groups is 1. The van der Waals surface area contributed by atoms with Gasteiger partial charge in [0, 0.05) is 31.9 Å². The zero-order valence-corrected chi connectivity index (χ0v) is 15.3. The van der Waals surface area contributed by atoms with Crippen LogP contribution in [0.2, 0.25) is 0 Å². The van der Waals surface area contributed by atoms with Crippen molar-refractivity contribution < 1.29 is 13.8 Å². The maximum Gasteiger partial charge on any atom is 0.259 e. The van der Waals surface area contributed by atoms with Crippen molar-refractivity contribution in [2.45, 2.75) is 33.1 Å². The van der Waals surface area contributed by atoms with Crippen LogP contribution in [0.4, 0.5) is 0 Å². The van der Waals surface area contributed by atoms with Crippen molar-refractivity contribution in [2.75, 3.05) is 13.1 Å². The lowest BCUT2D eigenvalue weighted by molar-refractivity contribution is 0.0665. The minimum absolute atomic E-state index is 0.0262. The smallest absolute Gasteiger partial charge is 0.259 e. The van der Waals surface area contributed by atoms with Crippen LogP contribution in [0.5, 0.6) is 0 Å². The Balaban J connectivity index is 1.43. The van der Waals surface area contributed by atoms with Crippen molar-refractivity contribution >= 4 is 5.91 Å². The van der Waals surface area contributed by atoms with Crippen LogP contribution in [0.25, 0.3) is 11.5 Å². The number of aryl methyl sites for hydroxylation is 2. The molecule has 1 aliphatic rings. The Morgan fingerprint density at radius 1 is 1.26 bits per heavy atom. The minimum atomic E-state index is -0.0262. The second kappa shape index (κ2) is 7.26. The average molecular weight is 368 g/mol. The van der Waals surface area contributed by atoms with Gasteiger partial charge in [-0.3, -0.25) is 9.78 Å². The van der Waals surface area contributed by atoms with Crippen LogP contribution in [0, 0.1) is 19.8 Å². The Morgan fingerprint density at radius 2 is 2.15 bits per heavy atom. The van der Waals surface area contributed by atoms with Gasteiger partial charge in [-0.25, -0.2) is 4.98 Å². The van der Waals surface area contributed by atoms with Crippen LogP contribution >= 0.6 is 0 Å². The molecule has 9 nitrogen and oxygen atoms in total. The summed E-state index contributed by atoms with van der Waals surface area (Å²) in [6.45, 7) is 4.93. The van der Waals surface area contributed by atoms with Gasteiger partial charge in [0.2, 0.25) is 11.7 Å². The molecular weight excluding hydrogens is 348 g/mol. The highest BCUT2D eigenvalue weighted by atomic mass is 16.5. The number of nitrogens with zero attached hydrogens (tertiary/aromatic N) is 6. The molecule has 1 amide bonds. The summed E-state index contributed by atoms with van der Waals surface area (Å²) >= 11 is 0. The van der Waals surface area contributed by atoms with Crippen molar-refractivity contribution in [3.63, 3.8) is 0 Å². The van der Waals surface area contributed by atoms with E-state index in [9.17, 15) is 4.79 Å². The monoisotopic (exact) mass is 368 g/mol. The van der Waals surface area contributed by atoms with E-state index in [2.05, 4.69) is 25.3 Å². The van der Waals surface area contributed by atoms with Gasteiger partial charge in [-0.05, 0) is 32.6 Å². The molecule has 9 heteroatoms. The summed E-state index contributed by atoms with van der Waals surface area (Å²) in [6.07, 6.45) is 7.35. The lowest BCUT2D eigenvalue weighted by Crippen LogP contribution is -2.40. The molecule has 0 unspecified atom stereocenters. The first-order valence-electron chi connectivity index (χ1n) is 8.93. The molecule has 3 aromatic heterocycles. The second-order valence-electron chi connectivity index (χ2n) is 6.77. The van der Waals surface area contributed by atoms with Crippen molar-refractivity contribution in [3.8, 4) is 11.5 Å². The van der Waals surface area contributed by atoms with Crippen LogP contribution in [0.3, 0.4) is 0 Å². The number of rotatable bonds is 4. The van der Waals surface area contributed by atoms with Gasteiger partial charge in [0.15, 0.2) is 0 Å². The number of likely N-dealkylation sites (tertiary alicyclic amines) is 1. The Labute approximate surface area is 155 Å². The summed E-state index contributed by atoms with van der Waals surface area (Å²) in [6, 6.07) is 0.